The number of ether oxygens (including phenoxy) is 1. The second-order valence-corrected chi connectivity index (χ2v) is 6.12. The Hall–Kier alpha value is -1.88. The number of hydrogen-bond donors (Lipinski definition) is 1. The van der Waals surface area contributed by atoms with E-state index in [1.807, 2.05) is 13.0 Å². The minimum absolute atomic E-state index is 0.0350. The van der Waals surface area contributed by atoms with Crippen LogP contribution in [-0.4, -0.2) is 32.2 Å². The summed E-state index contributed by atoms with van der Waals surface area (Å²) in [6.45, 7) is 4.82. The number of rotatable bonds is 4. The minimum atomic E-state index is -0.279. The molecule has 1 unspecified atom stereocenters. The fraction of sp³-hybridized carbons (Fsp3) is 0.500. The third kappa shape index (κ3) is 3.72. The van der Waals surface area contributed by atoms with Crippen LogP contribution < -0.4 is 10.2 Å². The van der Waals surface area contributed by atoms with Crippen molar-refractivity contribution in [2.75, 3.05) is 31.2 Å². The van der Waals surface area contributed by atoms with Crippen LogP contribution in [-0.2, 0) is 9.53 Å². The highest BCUT2D eigenvalue weighted by atomic mass is 19.1. The van der Waals surface area contributed by atoms with Crippen LogP contribution in [0.4, 0.5) is 10.1 Å². The average molecular weight is 318 g/mol. The summed E-state index contributed by atoms with van der Waals surface area (Å²) in [6, 6.07) is 4.56. The van der Waals surface area contributed by atoms with Gasteiger partial charge in [-0.1, -0.05) is 6.08 Å². The summed E-state index contributed by atoms with van der Waals surface area (Å²) in [7, 11) is 0. The van der Waals surface area contributed by atoms with Crippen molar-refractivity contribution in [1.82, 2.24) is 5.32 Å². The van der Waals surface area contributed by atoms with Gasteiger partial charge in [-0.3, -0.25) is 4.79 Å². The molecule has 1 fully saturated rings. The van der Waals surface area contributed by atoms with E-state index in [0.717, 1.165) is 49.2 Å². The number of morpholine rings is 1. The molecule has 23 heavy (non-hydrogen) atoms. The average Bonchev–Trinajstić information content (AvgIpc) is 3.10. The fourth-order valence-corrected chi connectivity index (χ4v) is 3.21. The van der Waals surface area contributed by atoms with Crippen LogP contribution in [0.15, 0.2) is 29.8 Å². The van der Waals surface area contributed by atoms with Gasteiger partial charge in [-0.15, -0.1) is 0 Å². The van der Waals surface area contributed by atoms with Crippen molar-refractivity contribution in [3.05, 3.63) is 41.2 Å². The van der Waals surface area contributed by atoms with Crippen LogP contribution in [0.25, 0.3) is 0 Å². The van der Waals surface area contributed by atoms with Crippen molar-refractivity contribution in [3.63, 3.8) is 0 Å². The van der Waals surface area contributed by atoms with Crippen LogP contribution in [0.1, 0.15) is 37.8 Å². The van der Waals surface area contributed by atoms with Crippen molar-refractivity contribution in [1.29, 1.82) is 0 Å². The van der Waals surface area contributed by atoms with Gasteiger partial charge in [-0.05, 0) is 44.4 Å². The SMILES string of the molecule is CC(NC(=O)C1=CCCC1)c1cc(F)ccc1N1CCOCC1. The predicted octanol–water partition coefficient (Wildman–Crippen LogP) is 2.95. The molecule has 0 saturated carbocycles. The third-order valence-electron chi connectivity index (χ3n) is 4.49. The summed E-state index contributed by atoms with van der Waals surface area (Å²) < 4.78 is 19.1. The van der Waals surface area contributed by atoms with E-state index in [9.17, 15) is 9.18 Å². The van der Waals surface area contributed by atoms with E-state index in [-0.39, 0.29) is 17.8 Å². The van der Waals surface area contributed by atoms with Gasteiger partial charge in [0.15, 0.2) is 0 Å². The first-order valence-electron chi connectivity index (χ1n) is 8.27. The normalized spacial score (nSPS) is 19.4. The highest BCUT2D eigenvalue weighted by Gasteiger charge is 2.21. The number of anilines is 1. The van der Waals surface area contributed by atoms with Crippen LogP contribution >= 0.6 is 0 Å². The lowest BCUT2D eigenvalue weighted by Crippen LogP contribution is -2.37. The topological polar surface area (TPSA) is 41.6 Å². The molecule has 2 aliphatic rings. The maximum absolute atomic E-state index is 13.7. The molecular formula is C18H23FN2O2. The van der Waals surface area contributed by atoms with E-state index in [0.29, 0.717) is 13.2 Å². The van der Waals surface area contributed by atoms with Gasteiger partial charge in [0, 0.05) is 29.9 Å². The highest BCUT2D eigenvalue weighted by Crippen LogP contribution is 2.29. The van der Waals surface area contributed by atoms with Crippen LogP contribution in [0, 0.1) is 5.82 Å². The Kier molecular flexibility index (Phi) is 4.96. The number of allylic oxidation sites excluding steroid dienone is 1. The number of amides is 1. The number of carbonyl (C=O) groups excluding carboxylic acids is 1. The van der Waals surface area contributed by atoms with Crippen molar-refractivity contribution >= 4 is 11.6 Å². The van der Waals surface area contributed by atoms with Gasteiger partial charge in [0.25, 0.3) is 0 Å². The highest BCUT2D eigenvalue weighted by molar-refractivity contribution is 5.94. The summed E-state index contributed by atoms with van der Waals surface area (Å²) in [5.41, 5.74) is 2.64. The zero-order chi connectivity index (χ0) is 16.2. The second-order valence-electron chi connectivity index (χ2n) is 6.12. The Morgan fingerprint density at radius 3 is 2.83 bits per heavy atom. The zero-order valence-electron chi connectivity index (χ0n) is 13.5. The molecule has 1 aliphatic heterocycles. The summed E-state index contributed by atoms with van der Waals surface area (Å²) >= 11 is 0. The van der Waals surface area contributed by atoms with E-state index < -0.39 is 0 Å². The first-order valence-corrected chi connectivity index (χ1v) is 8.27. The molecule has 0 radical (unpaired) electrons. The Labute approximate surface area is 136 Å². The Balaban J connectivity index is 1.79. The number of nitrogens with zero attached hydrogens (tertiary/aromatic N) is 1. The lowest BCUT2D eigenvalue weighted by Gasteiger charge is -2.32. The van der Waals surface area contributed by atoms with E-state index in [1.54, 1.807) is 6.07 Å². The number of benzene rings is 1. The summed E-state index contributed by atoms with van der Waals surface area (Å²) in [5.74, 6) is -0.314. The molecule has 0 aromatic heterocycles. The molecule has 1 aliphatic carbocycles. The molecular weight excluding hydrogens is 295 g/mol. The Bertz CT molecular complexity index is 609. The first-order chi connectivity index (χ1) is 11.1. The zero-order valence-corrected chi connectivity index (χ0v) is 13.5. The maximum Gasteiger partial charge on any atom is 0.247 e. The van der Waals surface area contributed by atoms with Crippen molar-refractivity contribution in [2.45, 2.75) is 32.2 Å². The summed E-state index contributed by atoms with van der Waals surface area (Å²) in [4.78, 5) is 14.5. The van der Waals surface area contributed by atoms with Gasteiger partial charge in [0.05, 0.1) is 19.3 Å². The molecule has 1 N–H and O–H groups in total. The number of halogens is 1. The largest absolute Gasteiger partial charge is 0.378 e. The van der Waals surface area contributed by atoms with Crippen molar-refractivity contribution in [3.8, 4) is 0 Å². The van der Waals surface area contributed by atoms with E-state index in [4.69, 9.17) is 4.74 Å². The fourth-order valence-electron chi connectivity index (χ4n) is 3.21. The smallest absolute Gasteiger partial charge is 0.247 e. The van der Waals surface area contributed by atoms with Crippen LogP contribution in [0.5, 0.6) is 0 Å². The molecule has 1 saturated heterocycles. The Morgan fingerprint density at radius 1 is 1.35 bits per heavy atom. The van der Waals surface area contributed by atoms with Gasteiger partial charge in [0.2, 0.25) is 5.91 Å². The number of carbonyl (C=O) groups is 1. The standard InChI is InChI=1S/C18H23FN2O2/c1-13(20-18(22)14-4-2-3-5-14)16-12-15(19)6-7-17(16)21-8-10-23-11-9-21/h4,6-7,12-13H,2-3,5,8-11H2,1H3,(H,20,22). The molecule has 4 nitrogen and oxygen atoms in total. The van der Waals surface area contributed by atoms with E-state index in [1.165, 1.54) is 12.1 Å². The lowest BCUT2D eigenvalue weighted by molar-refractivity contribution is -0.118. The number of hydrogen-bond acceptors (Lipinski definition) is 3. The Morgan fingerprint density at radius 2 is 2.13 bits per heavy atom. The van der Waals surface area contributed by atoms with Gasteiger partial charge in [-0.25, -0.2) is 4.39 Å². The maximum atomic E-state index is 13.7. The van der Waals surface area contributed by atoms with E-state index in [2.05, 4.69) is 10.2 Å². The van der Waals surface area contributed by atoms with E-state index >= 15 is 0 Å². The molecule has 1 amide bonds. The number of nitrogens with one attached hydrogen (secondary N) is 1. The summed E-state index contributed by atoms with van der Waals surface area (Å²) in [6.07, 6.45) is 4.83. The molecule has 0 spiro atoms. The van der Waals surface area contributed by atoms with Gasteiger partial charge in [-0.2, -0.15) is 0 Å². The molecule has 1 aromatic carbocycles. The first kappa shape index (κ1) is 16.0. The van der Waals surface area contributed by atoms with Gasteiger partial charge >= 0.3 is 0 Å². The van der Waals surface area contributed by atoms with Gasteiger partial charge in [0.1, 0.15) is 5.82 Å². The second kappa shape index (κ2) is 7.13. The predicted molar refractivity (Wildman–Crippen MR) is 87.9 cm³/mol. The molecule has 3 rings (SSSR count). The third-order valence-corrected chi connectivity index (χ3v) is 4.49. The molecule has 0 bridgehead atoms. The van der Waals surface area contributed by atoms with Gasteiger partial charge < -0.3 is 15.0 Å². The lowest BCUT2D eigenvalue weighted by atomic mass is 10.0. The van der Waals surface area contributed by atoms with Crippen LogP contribution in [0.2, 0.25) is 0 Å². The molecule has 1 aromatic rings. The van der Waals surface area contributed by atoms with Crippen molar-refractivity contribution < 1.29 is 13.9 Å². The monoisotopic (exact) mass is 318 g/mol. The molecule has 124 valence electrons. The molecule has 1 atom stereocenters. The minimum Gasteiger partial charge on any atom is -0.378 e. The van der Waals surface area contributed by atoms with Crippen LogP contribution in [0.3, 0.4) is 0 Å². The summed E-state index contributed by atoms with van der Waals surface area (Å²) in [5, 5.41) is 3.01. The molecule has 1 heterocycles. The molecule has 5 heteroatoms. The quantitative estimate of drug-likeness (QED) is 0.928. The van der Waals surface area contributed by atoms with Crippen molar-refractivity contribution in [2.24, 2.45) is 0 Å².